The van der Waals surface area contributed by atoms with Crippen molar-refractivity contribution in [3.8, 4) is 22.6 Å². The molecule has 2 aromatic heterocycles. The monoisotopic (exact) mass is 557 g/mol. The van der Waals surface area contributed by atoms with Crippen molar-refractivity contribution in [2.75, 3.05) is 0 Å². The molecule has 0 N–H and O–H groups in total. The predicted octanol–water partition coefficient (Wildman–Crippen LogP) is 7.35. The fourth-order valence-corrected chi connectivity index (χ4v) is 5.18. The Bertz CT molecular complexity index is 1360. The van der Waals surface area contributed by atoms with E-state index in [1.165, 1.54) is 17.8 Å². The van der Waals surface area contributed by atoms with Crippen LogP contribution >= 0.6 is 0 Å². The molecule has 0 bridgehead atoms. The summed E-state index contributed by atoms with van der Waals surface area (Å²) in [4.78, 5) is 11.0. The number of aryl methyl sites for hydroxylation is 1. The average Bonchev–Trinajstić information content (AvgIpc) is 3.30. The van der Waals surface area contributed by atoms with Gasteiger partial charge in [-0.05, 0) is 61.4 Å². The van der Waals surface area contributed by atoms with Crippen LogP contribution in [0, 0.1) is 0 Å². The molecule has 2 aliphatic rings. The zero-order valence-electron chi connectivity index (χ0n) is 20.2. The minimum Gasteiger partial charge on any atom is -0.779 e. The third-order valence-electron chi connectivity index (χ3n) is 6.41. The molecule has 1 atom stereocenters. The number of nitrogens with zero attached hydrogens (tertiary/aromatic N) is 3. The van der Waals surface area contributed by atoms with Crippen LogP contribution < -0.4 is 0 Å². The fraction of sp³-hybridized carbons (Fsp3) is 0.200. The Kier molecular flexibility index (Phi) is 9.20. The SMILES string of the molecule is [S-]c1ccccc1-c1ccccn1.[S-]c1ccccc1-c1nc2c(n1C1CC=CCC1)C=CCC2.[Zn+2]. The number of fused-ring (bicyclic) bond motifs is 1. The van der Waals surface area contributed by atoms with Gasteiger partial charge in [-0.25, -0.2) is 4.98 Å². The third kappa shape index (κ3) is 5.83. The Hall–Kier alpha value is -2.66. The van der Waals surface area contributed by atoms with Crippen LogP contribution in [-0.4, -0.2) is 14.5 Å². The summed E-state index contributed by atoms with van der Waals surface area (Å²) >= 11 is 10.7. The molecular weight excluding hydrogens is 532 g/mol. The standard InChI is InChI=1S/C19H20N2S.C11H9NS.Zn/c22-18-13-7-4-10-15(18)19-20-16-11-5-6-12-17(16)21(19)14-8-2-1-3-9-14;13-11-7-2-1-5-9(11)10-6-3-4-8-12-10;/h1-2,4,6-7,10,12-14,22H,3,5,8-9,11H2;1-8,13H;/q;;+2/p-2. The molecule has 2 aromatic carbocycles. The van der Waals surface area contributed by atoms with Gasteiger partial charge < -0.3 is 29.8 Å². The van der Waals surface area contributed by atoms with E-state index in [0.717, 1.165) is 58.1 Å². The zero-order valence-corrected chi connectivity index (χ0v) is 24.8. The number of imidazole rings is 1. The number of rotatable bonds is 3. The first kappa shape index (κ1) is 26.4. The molecule has 2 heterocycles. The summed E-state index contributed by atoms with van der Waals surface area (Å²) in [6, 6.07) is 22.3. The van der Waals surface area contributed by atoms with Crippen molar-refractivity contribution in [1.82, 2.24) is 14.5 Å². The van der Waals surface area contributed by atoms with Gasteiger partial charge in [0.05, 0.1) is 17.1 Å². The third-order valence-corrected chi connectivity index (χ3v) is 7.12. The molecule has 3 nitrogen and oxygen atoms in total. The van der Waals surface area contributed by atoms with Crippen LogP contribution in [0.15, 0.2) is 101 Å². The Morgan fingerprint density at radius 2 is 1.50 bits per heavy atom. The van der Waals surface area contributed by atoms with Crippen LogP contribution in [0.5, 0.6) is 0 Å². The van der Waals surface area contributed by atoms with Gasteiger partial charge in [0.25, 0.3) is 0 Å². The van der Waals surface area contributed by atoms with Crippen molar-refractivity contribution in [3.05, 3.63) is 103 Å². The maximum absolute atomic E-state index is 5.55. The van der Waals surface area contributed by atoms with E-state index in [2.05, 4.69) is 46.0 Å². The van der Waals surface area contributed by atoms with Gasteiger partial charge >= 0.3 is 19.5 Å². The number of aromatic nitrogens is 3. The molecule has 6 heteroatoms. The maximum Gasteiger partial charge on any atom is 2.00 e. The normalized spacial score (nSPS) is 15.8. The van der Waals surface area contributed by atoms with Gasteiger partial charge in [0, 0.05) is 12.2 Å². The summed E-state index contributed by atoms with van der Waals surface area (Å²) in [6.07, 6.45) is 16.4. The topological polar surface area (TPSA) is 30.7 Å². The maximum atomic E-state index is 5.55. The minimum absolute atomic E-state index is 0. The second kappa shape index (κ2) is 12.5. The molecule has 2 aliphatic carbocycles. The molecule has 176 valence electrons. The van der Waals surface area contributed by atoms with Crippen molar-refractivity contribution in [1.29, 1.82) is 0 Å². The van der Waals surface area contributed by atoms with E-state index in [1.54, 1.807) is 6.20 Å². The first-order valence-corrected chi connectivity index (χ1v) is 12.9. The van der Waals surface area contributed by atoms with Crippen molar-refractivity contribution < 1.29 is 19.5 Å². The van der Waals surface area contributed by atoms with Crippen molar-refractivity contribution >= 4 is 31.3 Å². The second-order valence-corrected chi connectivity index (χ2v) is 9.60. The summed E-state index contributed by atoms with van der Waals surface area (Å²) in [7, 11) is 0. The molecule has 0 fully saturated rings. The Morgan fingerprint density at radius 1 is 0.778 bits per heavy atom. The van der Waals surface area contributed by atoms with Crippen LogP contribution in [0.4, 0.5) is 0 Å². The van der Waals surface area contributed by atoms with Gasteiger partial charge in [-0.3, -0.25) is 4.98 Å². The first-order chi connectivity index (χ1) is 17.2. The summed E-state index contributed by atoms with van der Waals surface area (Å²) in [6.45, 7) is 0. The van der Waals surface area contributed by atoms with Crippen LogP contribution in [0.3, 0.4) is 0 Å². The van der Waals surface area contributed by atoms with Crippen molar-refractivity contribution in [2.45, 2.75) is 47.9 Å². The fourth-order valence-electron chi connectivity index (χ4n) is 4.69. The molecule has 0 saturated heterocycles. The summed E-state index contributed by atoms with van der Waals surface area (Å²) in [5.41, 5.74) is 5.58. The van der Waals surface area contributed by atoms with Crippen molar-refractivity contribution in [2.24, 2.45) is 0 Å². The number of hydrogen-bond acceptors (Lipinski definition) is 4. The van der Waals surface area contributed by atoms with Crippen molar-refractivity contribution in [3.63, 3.8) is 0 Å². The molecule has 0 saturated carbocycles. The quantitative estimate of drug-likeness (QED) is 0.149. The van der Waals surface area contributed by atoms with Crippen LogP contribution in [0.1, 0.15) is 43.1 Å². The van der Waals surface area contributed by atoms with Crippen LogP contribution in [0.2, 0.25) is 0 Å². The predicted molar refractivity (Wildman–Crippen MR) is 148 cm³/mol. The van der Waals surface area contributed by atoms with E-state index >= 15 is 0 Å². The average molecular weight is 559 g/mol. The van der Waals surface area contributed by atoms with E-state index < -0.39 is 0 Å². The van der Waals surface area contributed by atoms with Crippen LogP contribution in [0.25, 0.3) is 28.7 Å². The zero-order chi connectivity index (χ0) is 24.0. The molecule has 0 amide bonds. The number of pyridine rings is 1. The van der Waals surface area contributed by atoms with Gasteiger partial charge in [-0.2, -0.15) is 9.79 Å². The van der Waals surface area contributed by atoms with Gasteiger partial charge in [-0.15, -0.1) is 0 Å². The molecule has 4 aromatic rings. The first-order valence-electron chi connectivity index (χ1n) is 12.1. The Labute approximate surface area is 237 Å². The minimum atomic E-state index is 0. The Morgan fingerprint density at radius 3 is 2.17 bits per heavy atom. The molecular formula is C30H27N3S2Zn. The van der Waals surface area contributed by atoms with E-state index in [-0.39, 0.29) is 19.5 Å². The number of hydrogen-bond donors (Lipinski definition) is 0. The largest absolute Gasteiger partial charge is 2.00 e. The summed E-state index contributed by atoms with van der Waals surface area (Å²) < 4.78 is 2.44. The van der Waals surface area contributed by atoms with Gasteiger partial charge in [0.15, 0.2) is 0 Å². The van der Waals surface area contributed by atoms with Gasteiger partial charge in [-0.1, -0.05) is 72.8 Å². The Balaban J connectivity index is 0.000000187. The number of benzene rings is 2. The van der Waals surface area contributed by atoms with E-state index in [9.17, 15) is 0 Å². The summed E-state index contributed by atoms with van der Waals surface area (Å²) in [5.74, 6) is 1.06. The molecule has 0 spiro atoms. The van der Waals surface area contributed by atoms with E-state index in [1.807, 2.05) is 54.6 Å². The van der Waals surface area contributed by atoms with Crippen LogP contribution in [-0.2, 0) is 51.2 Å². The van der Waals surface area contributed by atoms with Gasteiger partial charge in [0.2, 0.25) is 0 Å². The smallest absolute Gasteiger partial charge is 0.779 e. The second-order valence-electron chi connectivity index (χ2n) is 8.72. The number of allylic oxidation sites excluding steroid dienone is 3. The molecule has 1 unspecified atom stereocenters. The molecule has 0 radical (unpaired) electrons. The van der Waals surface area contributed by atoms with E-state index in [0.29, 0.717) is 6.04 Å². The van der Waals surface area contributed by atoms with Gasteiger partial charge in [0.1, 0.15) is 5.82 Å². The molecule has 6 rings (SSSR count). The molecule has 0 aliphatic heterocycles. The molecule has 36 heavy (non-hydrogen) atoms. The summed E-state index contributed by atoms with van der Waals surface area (Å²) in [5, 5.41) is 0. The van der Waals surface area contributed by atoms with E-state index in [4.69, 9.17) is 30.2 Å².